The van der Waals surface area contributed by atoms with Crippen LogP contribution in [0, 0.1) is 11.8 Å². The lowest BCUT2D eigenvalue weighted by molar-refractivity contribution is -0.125. The Morgan fingerprint density at radius 3 is 2.36 bits per heavy atom. The molecule has 11 heavy (non-hydrogen) atoms. The van der Waals surface area contributed by atoms with E-state index in [9.17, 15) is 4.79 Å². The van der Waals surface area contributed by atoms with Crippen LogP contribution >= 0.6 is 0 Å². The Kier molecular flexibility index (Phi) is 4.81. The number of carbonyl (C=O) groups excluding carboxylic acids is 1. The predicted molar refractivity (Wildman–Crippen MR) is 44.3 cm³/mol. The van der Waals surface area contributed by atoms with E-state index >= 15 is 0 Å². The first-order chi connectivity index (χ1) is 5.11. The zero-order valence-corrected chi connectivity index (χ0v) is 7.13. The molecule has 0 spiro atoms. The van der Waals surface area contributed by atoms with Gasteiger partial charge in [0.1, 0.15) is 0 Å². The normalized spacial score (nSPS) is 13.2. The summed E-state index contributed by atoms with van der Waals surface area (Å²) in [5.41, 5.74) is 7.48. The highest BCUT2D eigenvalue weighted by molar-refractivity contribution is 5.78. The van der Waals surface area contributed by atoms with Crippen LogP contribution in [-0.4, -0.2) is 12.5 Å². The van der Waals surface area contributed by atoms with Crippen LogP contribution in [0.25, 0.3) is 0 Å². The Morgan fingerprint density at radius 2 is 2.09 bits per heavy atom. The second kappa shape index (κ2) is 5.09. The molecule has 0 rings (SSSR count). The molecule has 66 valence electrons. The summed E-state index contributed by atoms with van der Waals surface area (Å²) in [6, 6.07) is 0. The largest absolute Gasteiger partial charge is 0.330 e. The summed E-state index contributed by atoms with van der Waals surface area (Å²) in [5.74, 6) is 5.14. The first-order valence-electron chi connectivity index (χ1n) is 3.82. The topological polar surface area (TPSA) is 81.1 Å². The van der Waals surface area contributed by atoms with Crippen molar-refractivity contribution in [1.82, 2.24) is 5.43 Å². The molecule has 0 saturated carbocycles. The minimum absolute atomic E-state index is 0.139. The van der Waals surface area contributed by atoms with Gasteiger partial charge in [-0.3, -0.25) is 10.2 Å². The number of carbonyl (C=O) groups is 1. The molecule has 0 fully saturated rings. The summed E-state index contributed by atoms with van der Waals surface area (Å²) in [6.07, 6.45) is 0.791. The molecular formula is C7H17N3O. The van der Waals surface area contributed by atoms with Gasteiger partial charge in [-0.25, -0.2) is 5.84 Å². The lowest BCUT2D eigenvalue weighted by atomic mass is 9.97. The van der Waals surface area contributed by atoms with Crippen molar-refractivity contribution in [2.24, 2.45) is 23.4 Å². The van der Waals surface area contributed by atoms with Crippen LogP contribution in [0.1, 0.15) is 20.3 Å². The van der Waals surface area contributed by atoms with Crippen molar-refractivity contribution in [2.75, 3.05) is 6.54 Å². The minimum atomic E-state index is -0.166. The number of hydrogen-bond acceptors (Lipinski definition) is 3. The van der Waals surface area contributed by atoms with E-state index in [0.29, 0.717) is 12.5 Å². The highest BCUT2D eigenvalue weighted by Gasteiger charge is 2.16. The lowest BCUT2D eigenvalue weighted by Gasteiger charge is -2.14. The molecule has 0 aliphatic rings. The highest BCUT2D eigenvalue weighted by atomic mass is 16.2. The maximum Gasteiger partial charge on any atom is 0.238 e. The molecule has 0 heterocycles. The van der Waals surface area contributed by atoms with Crippen molar-refractivity contribution in [3.05, 3.63) is 0 Å². The van der Waals surface area contributed by atoms with E-state index < -0.39 is 0 Å². The SMILES string of the molecule is CC(C)CC(CN)C(=O)NN. The number of nitrogens with one attached hydrogen (secondary N) is 1. The van der Waals surface area contributed by atoms with Crippen molar-refractivity contribution < 1.29 is 4.79 Å². The van der Waals surface area contributed by atoms with Crippen LogP contribution in [0.15, 0.2) is 0 Å². The van der Waals surface area contributed by atoms with Gasteiger partial charge in [0, 0.05) is 6.54 Å². The van der Waals surface area contributed by atoms with Crippen LogP contribution in [0.5, 0.6) is 0 Å². The third kappa shape index (κ3) is 3.95. The molecule has 1 unspecified atom stereocenters. The van der Waals surface area contributed by atoms with Crippen molar-refractivity contribution in [2.45, 2.75) is 20.3 Å². The molecule has 5 N–H and O–H groups in total. The average Bonchev–Trinajstić information content (AvgIpc) is 1.98. The quantitative estimate of drug-likeness (QED) is 0.296. The summed E-state index contributed by atoms with van der Waals surface area (Å²) in [7, 11) is 0. The second-order valence-corrected chi connectivity index (χ2v) is 3.07. The van der Waals surface area contributed by atoms with Gasteiger partial charge in [-0.05, 0) is 12.3 Å². The van der Waals surface area contributed by atoms with Crippen LogP contribution in [0.4, 0.5) is 0 Å². The molecule has 0 radical (unpaired) electrons. The summed E-state index contributed by atoms with van der Waals surface area (Å²) in [5, 5.41) is 0. The second-order valence-electron chi connectivity index (χ2n) is 3.07. The van der Waals surface area contributed by atoms with Gasteiger partial charge in [-0.15, -0.1) is 0 Å². The van der Waals surface area contributed by atoms with Crippen molar-refractivity contribution >= 4 is 5.91 Å². The highest BCUT2D eigenvalue weighted by Crippen LogP contribution is 2.09. The van der Waals surface area contributed by atoms with Gasteiger partial charge in [0.2, 0.25) is 5.91 Å². The van der Waals surface area contributed by atoms with Crippen LogP contribution in [0.3, 0.4) is 0 Å². The molecule has 0 aromatic rings. The Labute approximate surface area is 67.3 Å². The summed E-state index contributed by atoms with van der Waals surface area (Å²) >= 11 is 0. The van der Waals surface area contributed by atoms with E-state index in [1.807, 2.05) is 13.8 Å². The summed E-state index contributed by atoms with van der Waals surface area (Å²) in [4.78, 5) is 11.0. The first kappa shape index (κ1) is 10.4. The zero-order chi connectivity index (χ0) is 8.85. The molecule has 1 amide bonds. The molecule has 1 atom stereocenters. The maximum atomic E-state index is 11.0. The Balaban J connectivity index is 3.84. The molecule has 0 saturated heterocycles. The fraction of sp³-hybridized carbons (Fsp3) is 0.857. The fourth-order valence-electron chi connectivity index (χ4n) is 0.997. The first-order valence-corrected chi connectivity index (χ1v) is 3.82. The smallest absolute Gasteiger partial charge is 0.238 e. The van der Waals surface area contributed by atoms with E-state index in [0.717, 1.165) is 6.42 Å². The van der Waals surface area contributed by atoms with E-state index in [1.54, 1.807) is 0 Å². The molecule has 4 heteroatoms. The molecular weight excluding hydrogens is 142 g/mol. The zero-order valence-electron chi connectivity index (χ0n) is 7.13. The van der Waals surface area contributed by atoms with E-state index in [2.05, 4.69) is 5.43 Å². The number of hydrogen-bond donors (Lipinski definition) is 3. The standard InChI is InChI=1S/C7H17N3O/c1-5(2)3-6(4-8)7(11)10-9/h5-6H,3-4,8-9H2,1-2H3,(H,10,11). The van der Waals surface area contributed by atoms with Crippen LogP contribution < -0.4 is 17.0 Å². The van der Waals surface area contributed by atoms with Gasteiger partial charge in [0.15, 0.2) is 0 Å². The average molecular weight is 159 g/mol. The number of hydrazine groups is 1. The van der Waals surface area contributed by atoms with Crippen LogP contribution in [0.2, 0.25) is 0 Å². The van der Waals surface area contributed by atoms with Gasteiger partial charge in [0.05, 0.1) is 5.92 Å². The van der Waals surface area contributed by atoms with Gasteiger partial charge >= 0.3 is 0 Å². The Bertz CT molecular complexity index is 125. The van der Waals surface area contributed by atoms with Gasteiger partial charge < -0.3 is 5.73 Å². The molecule has 0 aliphatic heterocycles. The van der Waals surface area contributed by atoms with Gasteiger partial charge in [-0.1, -0.05) is 13.8 Å². The van der Waals surface area contributed by atoms with Gasteiger partial charge in [0.25, 0.3) is 0 Å². The van der Waals surface area contributed by atoms with E-state index in [-0.39, 0.29) is 11.8 Å². The molecule has 0 bridgehead atoms. The number of amides is 1. The molecule has 4 nitrogen and oxygen atoms in total. The van der Waals surface area contributed by atoms with E-state index in [1.165, 1.54) is 0 Å². The molecule has 0 aromatic heterocycles. The molecule has 0 aliphatic carbocycles. The minimum Gasteiger partial charge on any atom is -0.330 e. The third-order valence-corrected chi connectivity index (χ3v) is 1.55. The van der Waals surface area contributed by atoms with Crippen molar-refractivity contribution in [3.8, 4) is 0 Å². The number of rotatable bonds is 4. The maximum absolute atomic E-state index is 11.0. The van der Waals surface area contributed by atoms with Crippen molar-refractivity contribution in [1.29, 1.82) is 0 Å². The van der Waals surface area contributed by atoms with Crippen molar-refractivity contribution in [3.63, 3.8) is 0 Å². The predicted octanol–water partition coefficient (Wildman–Crippen LogP) is -0.403. The third-order valence-electron chi connectivity index (χ3n) is 1.55. The number of nitrogens with two attached hydrogens (primary N) is 2. The monoisotopic (exact) mass is 159 g/mol. The van der Waals surface area contributed by atoms with Gasteiger partial charge in [-0.2, -0.15) is 0 Å². The Hall–Kier alpha value is -0.610. The summed E-state index contributed by atoms with van der Waals surface area (Å²) in [6.45, 7) is 4.46. The van der Waals surface area contributed by atoms with E-state index in [4.69, 9.17) is 11.6 Å². The van der Waals surface area contributed by atoms with Crippen LogP contribution in [-0.2, 0) is 4.79 Å². The summed E-state index contributed by atoms with van der Waals surface area (Å²) < 4.78 is 0. The molecule has 0 aromatic carbocycles. The Morgan fingerprint density at radius 1 is 1.55 bits per heavy atom. The lowest BCUT2D eigenvalue weighted by Crippen LogP contribution is -2.39. The fourth-order valence-corrected chi connectivity index (χ4v) is 0.997.